The number of carbonyl (C=O) groups is 1. The molecule has 7 heteroatoms. The third-order valence-corrected chi connectivity index (χ3v) is 4.83. The number of hydrogen-bond acceptors (Lipinski definition) is 6. The van der Waals surface area contributed by atoms with E-state index < -0.39 is 0 Å². The number of pyridine rings is 1. The monoisotopic (exact) mass is 346 g/mol. The van der Waals surface area contributed by atoms with Crippen molar-refractivity contribution >= 4 is 17.2 Å². The average molecular weight is 346 g/mol. The molecule has 1 fully saturated rings. The molecule has 0 saturated carbocycles. The van der Waals surface area contributed by atoms with E-state index in [9.17, 15) is 4.79 Å². The number of thiazole rings is 1. The van der Waals surface area contributed by atoms with Crippen LogP contribution in [0.5, 0.6) is 0 Å². The number of rotatable bonds is 6. The molecular weight excluding hydrogens is 324 g/mol. The summed E-state index contributed by atoms with van der Waals surface area (Å²) in [5, 5.41) is 5.85. The molecule has 0 aliphatic carbocycles. The molecule has 0 unspecified atom stereocenters. The lowest BCUT2D eigenvalue weighted by molar-refractivity contribution is 0.0920. The standard InChI is InChI=1S/C17H22N4O2S/c1-21(2)8-16-19-15(11-24-16)17(22)20-14-10-23-9-13(14)7-12-3-5-18-6-4-12/h3-6,11,13-14H,7-10H2,1-2H3,(H,20,22)/t13-,14-/m1/s1. The van der Waals surface area contributed by atoms with Crippen LogP contribution in [0.3, 0.4) is 0 Å². The van der Waals surface area contributed by atoms with Crippen LogP contribution in [0.4, 0.5) is 0 Å². The maximum atomic E-state index is 12.5. The minimum atomic E-state index is -0.119. The number of amides is 1. The first-order valence-electron chi connectivity index (χ1n) is 7.98. The normalized spacial score (nSPS) is 20.5. The Hall–Kier alpha value is -1.83. The zero-order valence-corrected chi connectivity index (χ0v) is 14.8. The highest BCUT2D eigenvalue weighted by atomic mass is 32.1. The van der Waals surface area contributed by atoms with E-state index in [0.717, 1.165) is 18.0 Å². The predicted molar refractivity (Wildman–Crippen MR) is 93.0 cm³/mol. The number of carbonyl (C=O) groups excluding carboxylic acids is 1. The Bertz CT molecular complexity index is 674. The van der Waals surface area contributed by atoms with Crippen LogP contribution in [0, 0.1) is 5.92 Å². The maximum Gasteiger partial charge on any atom is 0.271 e. The van der Waals surface area contributed by atoms with E-state index >= 15 is 0 Å². The Morgan fingerprint density at radius 2 is 2.17 bits per heavy atom. The van der Waals surface area contributed by atoms with Crippen LogP contribution in [0.25, 0.3) is 0 Å². The van der Waals surface area contributed by atoms with Gasteiger partial charge in [-0.15, -0.1) is 11.3 Å². The molecule has 1 N–H and O–H groups in total. The molecule has 1 saturated heterocycles. The van der Waals surface area contributed by atoms with Crippen molar-refractivity contribution in [3.05, 3.63) is 46.2 Å². The second-order valence-corrected chi connectivity index (χ2v) is 7.24. The van der Waals surface area contributed by atoms with Gasteiger partial charge in [0.2, 0.25) is 0 Å². The summed E-state index contributed by atoms with van der Waals surface area (Å²) in [6.07, 6.45) is 4.46. The molecule has 1 aliphatic heterocycles. The Morgan fingerprint density at radius 3 is 2.92 bits per heavy atom. The van der Waals surface area contributed by atoms with Gasteiger partial charge in [-0.25, -0.2) is 4.98 Å². The summed E-state index contributed by atoms with van der Waals surface area (Å²) < 4.78 is 5.58. The van der Waals surface area contributed by atoms with Crippen LogP contribution in [-0.2, 0) is 17.7 Å². The number of aromatic nitrogens is 2. The lowest BCUT2D eigenvalue weighted by Crippen LogP contribution is -2.40. The fourth-order valence-corrected chi connectivity index (χ4v) is 3.67. The van der Waals surface area contributed by atoms with Crippen molar-refractivity contribution in [2.75, 3.05) is 27.3 Å². The van der Waals surface area contributed by atoms with Crippen LogP contribution < -0.4 is 5.32 Å². The molecule has 24 heavy (non-hydrogen) atoms. The van der Waals surface area contributed by atoms with Crippen LogP contribution in [0.15, 0.2) is 29.9 Å². The van der Waals surface area contributed by atoms with Crippen molar-refractivity contribution in [3.63, 3.8) is 0 Å². The van der Waals surface area contributed by atoms with E-state index in [-0.39, 0.29) is 17.9 Å². The van der Waals surface area contributed by atoms with Crippen molar-refractivity contribution in [1.29, 1.82) is 0 Å². The second-order valence-electron chi connectivity index (χ2n) is 6.30. The van der Waals surface area contributed by atoms with Gasteiger partial charge in [0.05, 0.1) is 19.3 Å². The quantitative estimate of drug-likeness (QED) is 0.860. The number of hydrogen-bond donors (Lipinski definition) is 1. The summed E-state index contributed by atoms with van der Waals surface area (Å²) in [7, 11) is 3.97. The van der Waals surface area contributed by atoms with E-state index in [1.165, 1.54) is 16.9 Å². The Kier molecular flexibility index (Phi) is 5.55. The van der Waals surface area contributed by atoms with E-state index in [2.05, 4.69) is 15.3 Å². The van der Waals surface area contributed by atoms with Crippen molar-refractivity contribution < 1.29 is 9.53 Å². The molecule has 2 aromatic heterocycles. The molecule has 2 aromatic rings. The van der Waals surface area contributed by atoms with E-state index in [4.69, 9.17) is 4.74 Å². The van der Waals surface area contributed by atoms with Gasteiger partial charge in [0.1, 0.15) is 10.7 Å². The molecule has 0 bridgehead atoms. The highest BCUT2D eigenvalue weighted by Gasteiger charge is 2.30. The lowest BCUT2D eigenvalue weighted by Gasteiger charge is -2.18. The van der Waals surface area contributed by atoms with Gasteiger partial charge in [0.25, 0.3) is 5.91 Å². The molecule has 0 aromatic carbocycles. The van der Waals surface area contributed by atoms with Crippen molar-refractivity contribution in [2.45, 2.75) is 19.0 Å². The van der Waals surface area contributed by atoms with Crippen LogP contribution >= 0.6 is 11.3 Å². The van der Waals surface area contributed by atoms with Crippen LogP contribution in [-0.4, -0.2) is 54.1 Å². The fraction of sp³-hybridized carbons (Fsp3) is 0.471. The molecule has 3 heterocycles. The first-order valence-corrected chi connectivity index (χ1v) is 8.86. The van der Waals surface area contributed by atoms with Crippen molar-refractivity contribution in [3.8, 4) is 0 Å². The van der Waals surface area contributed by atoms with Gasteiger partial charge < -0.3 is 15.0 Å². The van der Waals surface area contributed by atoms with Gasteiger partial charge in [0, 0.05) is 30.2 Å². The van der Waals surface area contributed by atoms with Gasteiger partial charge >= 0.3 is 0 Å². The molecule has 2 atom stereocenters. The van der Waals surface area contributed by atoms with Gasteiger partial charge in [-0.05, 0) is 38.2 Å². The second kappa shape index (κ2) is 7.83. The Morgan fingerprint density at radius 1 is 1.38 bits per heavy atom. The fourth-order valence-electron chi connectivity index (χ4n) is 2.78. The molecule has 3 rings (SSSR count). The zero-order valence-electron chi connectivity index (χ0n) is 13.9. The molecule has 6 nitrogen and oxygen atoms in total. The summed E-state index contributed by atoms with van der Waals surface area (Å²) in [6.45, 7) is 1.96. The first-order chi connectivity index (χ1) is 11.6. The van der Waals surface area contributed by atoms with Gasteiger partial charge in [-0.3, -0.25) is 9.78 Å². The largest absolute Gasteiger partial charge is 0.379 e. The smallest absolute Gasteiger partial charge is 0.271 e. The summed E-state index contributed by atoms with van der Waals surface area (Å²) >= 11 is 1.52. The van der Waals surface area contributed by atoms with Crippen molar-refractivity contribution in [2.24, 2.45) is 5.92 Å². The maximum absolute atomic E-state index is 12.5. The predicted octanol–water partition coefficient (Wildman–Crippen LogP) is 1.59. The number of ether oxygens (including phenoxy) is 1. The molecule has 0 spiro atoms. The van der Waals surface area contributed by atoms with Gasteiger partial charge in [0.15, 0.2) is 0 Å². The average Bonchev–Trinajstić information content (AvgIpc) is 3.18. The van der Waals surface area contributed by atoms with Gasteiger partial charge in [-0.2, -0.15) is 0 Å². The third-order valence-electron chi connectivity index (χ3n) is 4.00. The van der Waals surface area contributed by atoms with E-state index in [1.807, 2.05) is 36.5 Å². The molecule has 128 valence electrons. The van der Waals surface area contributed by atoms with Gasteiger partial charge in [-0.1, -0.05) is 0 Å². The lowest BCUT2D eigenvalue weighted by atomic mass is 9.95. The number of nitrogens with one attached hydrogen (secondary N) is 1. The highest BCUT2D eigenvalue weighted by Crippen LogP contribution is 2.20. The zero-order chi connectivity index (χ0) is 16.9. The van der Waals surface area contributed by atoms with E-state index in [0.29, 0.717) is 18.9 Å². The van der Waals surface area contributed by atoms with Crippen LogP contribution in [0.2, 0.25) is 0 Å². The Balaban J connectivity index is 1.59. The Labute approximate surface area is 145 Å². The molecular formula is C17H22N4O2S. The summed E-state index contributed by atoms with van der Waals surface area (Å²) in [6, 6.07) is 4.03. The number of nitrogens with zero attached hydrogens (tertiary/aromatic N) is 3. The molecule has 0 radical (unpaired) electrons. The molecule has 1 aliphatic rings. The topological polar surface area (TPSA) is 67.4 Å². The summed E-state index contributed by atoms with van der Waals surface area (Å²) in [5.74, 6) is 0.155. The van der Waals surface area contributed by atoms with Crippen LogP contribution in [0.1, 0.15) is 21.1 Å². The van der Waals surface area contributed by atoms with E-state index in [1.54, 1.807) is 12.4 Å². The third kappa shape index (κ3) is 4.37. The van der Waals surface area contributed by atoms with Crippen molar-refractivity contribution in [1.82, 2.24) is 20.2 Å². The highest BCUT2D eigenvalue weighted by molar-refractivity contribution is 7.09. The minimum absolute atomic E-state index is 0.0182. The minimum Gasteiger partial charge on any atom is -0.379 e. The SMILES string of the molecule is CN(C)Cc1nc(C(=O)N[C@@H]2COC[C@H]2Cc2ccncc2)cs1. The first kappa shape index (κ1) is 17.0. The molecule has 1 amide bonds. The summed E-state index contributed by atoms with van der Waals surface area (Å²) in [4.78, 5) is 22.9. The summed E-state index contributed by atoms with van der Waals surface area (Å²) in [5.41, 5.74) is 1.70.